The average Bonchev–Trinajstić information content (AvgIpc) is 3.02. The molecule has 12 heteroatoms. The first-order chi connectivity index (χ1) is 11.7. The van der Waals surface area contributed by atoms with Gasteiger partial charge in [0.1, 0.15) is 6.04 Å². The molecule has 0 aromatic carbocycles. The number of aromatic nitrogens is 2. The maximum Gasteiger partial charge on any atom is 0.418 e. The van der Waals surface area contributed by atoms with Crippen LogP contribution in [0.2, 0.25) is 0 Å². The summed E-state index contributed by atoms with van der Waals surface area (Å²) in [7, 11) is -4.79. The van der Waals surface area contributed by atoms with Crippen LogP contribution in [0.25, 0.3) is 0 Å². The lowest BCUT2D eigenvalue weighted by Crippen LogP contribution is -2.46. The molecule has 1 saturated carbocycles. The zero-order valence-electron chi connectivity index (χ0n) is 13.5. The highest BCUT2D eigenvalue weighted by molar-refractivity contribution is 7.80. The van der Waals surface area contributed by atoms with Crippen molar-refractivity contribution >= 4 is 16.4 Å². The quantitative estimate of drug-likeness (QED) is 0.711. The maximum absolute atomic E-state index is 12.5. The molecule has 0 spiro atoms. The van der Waals surface area contributed by atoms with Gasteiger partial charge in [-0.1, -0.05) is 0 Å². The second-order valence-electron chi connectivity index (χ2n) is 7.17. The van der Waals surface area contributed by atoms with Crippen molar-refractivity contribution < 1.29 is 26.5 Å². The molecule has 2 saturated heterocycles. The van der Waals surface area contributed by atoms with Crippen LogP contribution in [0.1, 0.15) is 56.3 Å². The molecule has 2 atom stereocenters. The Labute approximate surface area is 144 Å². The van der Waals surface area contributed by atoms with Crippen LogP contribution in [0.15, 0.2) is 4.42 Å². The third-order valence-electron chi connectivity index (χ3n) is 5.19. The number of carbonyl (C=O) groups is 1. The van der Waals surface area contributed by atoms with E-state index in [0.29, 0.717) is 29.7 Å². The van der Waals surface area contributed by atoms with Crippen LogP contribution >= 0.6 is 0 Å². The number of rotatable bonds is 4. The van der Waals surface area contributed by atoms with Gasteiger partial charge in [0.25, 0.3) is 0 Å². The Morgan fingerprint density at radius 1 is 1.36 bits per heavy atom. The molecule has 1 aliphatic carbocycles. The Morgan fingerprint density at radius 3 is 2.68 bits per heavy atom. The molecule has 11 nitrogen and oxygen atoms in total. The fraction of sp³-hybridized carbons (Fsp3) is 0.769. The van der Waals surface area contributed by atoms with Gasteiger partial charge in [0.05, 0.1) is 5.54 Å². The minimum absolute atomic E-state index is 0.152. The number of nitrogens with two attached hydrogens (primary N) is 1. The highest BCUT2D eigenvalue weighted by Gasteiger charge is 2.56. The van der Waals surface area contributed by atoms with Gasteiger partial charge in [-0.2, -0.15) is 13.5 Å². The highest BCUT2D eigenvalue weighted by atomic mass is 32.3. The topological polar surface area (TPSA) is 152 Å². The maximum atomic E-state index is 12.5. The van der Waals surface area contributed by atoms with Gasteiger partial charge < -0.3 is 15.1 Å². The van der Waals surface area contributed by atoms with Gasteiger partial charge in [-0.05, 0) is 32.6 Å². The molecule has 3 heterocycles. The van der Waals surface area contributed by atoms with E-state index in [2.05, 4.69) is 14.5 Å². The number of amides is 2. The molecule has 0 radical (unpaired) electrons. The second kappa shape index (κ2) is 5.37. The van der Waals surface area contributed by atoms with Crippen molar-refractivity contribution in [3.63, 3.8) is 0 Å². The van der Waals surface area contributed by atoms with Crippen LogP contribution in [0.4, 0.5) is 4.79 Å². The SMILES string of the molecule is C[C@@]12CC[C@@H](c3nnc(C4CC(N)C4)o3)N(C1)C(=O)N2OS(=O)(=O)O. The molecular weight excluding hydrogens is 354 g/mol. The Balaban J connectivity index is 1.55. The van der Waals surface area contributed by atoms with Crippen molar-refractivity contribution in [1.29, 1.82) is 0 Å². The van der Waals surface area contributed by atoms with Crippen LogP contribution < -0.4 is 5.73 Å². The van der Waals surface area contributed by atoms with Crippen molar-refractivity contribution in [2.75, 3.05) is 6.54 Å². The second-order valence-corrected chi connectivity index (χ2v) is 8.17. The van der Waals surface area contributed by atoms with E-state index in [1.54, 1.807) is 6.92 Å². The number of urea groups is 1. The summed E-state index contributed by atoms with van der Waals surface area (Å²) < 4.78 is 41.2. The number of hydrogen-bond donors (Lipinski definition) is 2. The van der Waals surface area contributed by atoms with Crippen molar-refractivity contribution in [1.82, 2.24) is 20.2 Å². The molecule has 25 heavy (non-hydrogen) atoms. The van der Waals surface area contributed by atoms with E-state index < -0.39 is 28.0 Å². The van der Waals surface area contributed by atoms with Gasteiger partial charge in [0.15, 0.2) is 0 Å². The van der Waals surface area contributed by atoms with Crippen molar-refractivity contribution in [2.45, 2.75) is 56.1 Å². The summed E-state index contributed by atoms with van der Waals surface area (Å²) in [5.74, 6) is 0.987. The first-order valence-electron chi connectivity index (χ1n) is 8.03. The standard InChI is InChI=1S/C13H19N5O6S/c1-13-3-2-9(11-16-15-10(23-11)7-4-8(14)5-7)17(6-13)12(19)18(13)24-25(20,21)22/h7-9H,2-6,14H2,1H3,(H,20,21,22)/t7?,8?,9-,13+/m0/s1. The first kappa shape index (κ1) is 16.7. The van der Waals surface area contributed by atoms with E-state index in [4.69, 9.17) is 14.7 Å². The van der Waals surface area contributed by atoms with Gasteiger partial charge >= 0.3 is 16.4 Å². The molecule has 3 N–H and O–H groups in total. The summed E-state index contributed by atoms with van der Waals surface area (Å²) in [6.45, 7) is 1.93. The Hall–Kier alpha value is -1.76. The Bertz CT molecular complexity index is 806. The van der Waals surface area contributed by atoms with Crippen LogP contribution in [0.5, 0.6) is 0 Å². The highest BCUT2D eigenvalue weighted by Crippen LogP contribution is 2.45. The molecule has 3 aliphatic rings. The van der Waals surface area contributed by atoms with E-state index in [9.17, 15) is 13.2 Å². The molecule has 4 rings (SSSR count). The van der Waals surface area contributed by atoms with Crippen molar-refractivity contribution in [2.24, 2.45) is 5.73 Å². The van der Waals surface area contributed by atoms with E-state index in [-0.39, 0.29) is 18.5 Å². The summed E-state index contributed by atoms with van der Waals surface area (Å²) in [6.07, 6.45) is 2.56. The van der Waals surface area contributed by atoms with E-state index in [1.165, 1.54) is 4.90 Å². The molecule has 2 aliphatic heterocycles. The zero-order chi connectivity index (χ0) is 18.0. The van der Waals surface area contributed by atoms with Crippen LogP contribution in [0, 0.1) is 0 Å². The number of piperidine rings is 1. The summed E-state index contributed by atoms with van der Waals surface area (Å²) in [5, 5.41) is 8.84. The largest absolute Gasteiger partial charge is 0.423 e. The van der Waals surface area contributed by atoms with E-state index >= 15 is 0 Å². The number of hydrogen-bond acceptors (Lipinski definition) is 8. The number of nitrogens with zero attached hydrogens (tertiary/aromatic N) is 4. The lowest BCUT2D eigenvalue weighted by atomic mass is 9.81. The average molecular weight is 373 g/mol. The summed E-state index contributed by atoms with van der Waals surface area (Å²) in [4.78, 5) is 14.0. The summed E-state index contributed by atoms with van der Waals surface area (Å²) >= 11 is 0. The smallest absolute Gasteiger partial charge is 0.418 e. The Kier molecular flexibility index (Phi) is 3.58. The lowest BCUT2D eigenvalue weighted by Gasteiger charge is -2.34. The fourth-order valence-electron chi connectivity index (χ4n) is 3.76. The molecule has 1 aromatic heterocycles. The van der Waals surface area contributed by atoms with Gasteiger partial charge in [-0.3, -0.25) is 4.55 Å². The van der Waals surface area contributed by atoms with Gasteiger partial charge in [-0.15, -0.1) is 14.5 Å². The lowest BCUT2D eigenvalue weighted by molar-refractivity contribution is -0.0746. The number of carbonyl (C=O) groups excluding carboxylic acids is 1. The number of fused-ring (bicyclic) bond motifs is 2. The monoisotopic (exact) mass is 373 g/mol. The molecule has 138 valence electrons. The van der Waals surface area contributed by atoms with Gasteiger partial charge in [0, 0.05) is 18.5 Å². The van der Waals surface area contributed by atoms with E-state index in [1.807, 2.05) is 0 Å². The van der Waals surface area contributed by atoms with Crippen LogP contribution in [0.3, 0.4) is 0 Å². The zero-order valence-corrected chi connectivity index (χ0v) is 14.3. The molecule has 2 bridgehead atoms. The normalized spacial score (nSPS) is 35.2. The molecule has 1 aromatic rings. The predicted octanol–water partition coefficient (Wildman–Crippen LogP) is 0.340. The Morgan fingerprint density at radius 2 is 2.04 bits per heavy atom. The molecular formula is C13H19N5O6S. The van der Waals surface area contributed by atoms with E-state index in [0.717, 1.165) is 12.8 Å². The van der Waals surface area contributed by atoms with Crippen molar-refractivity contribution in [3.8, 4) is 0 Å². The van der Waals surface area contributed by atoms with Crippen molar-refractivity contribution in [3.05, 3.63) is 11.8 Å². The minimum atomic E-state index is -4.79. The minimum Gasteiger partial charge on any atom is -0.423 e. The number of hydroxylamine groups is 2. The summed E-state index contributed by atoms with van der Waals surface area (Å²) in [6, 6.07) is -0.958. The fourth-order valence-corrected chi connectivity index (χ4v) is 4.19. The molecule has 3 fully saturated rings. The third kappa shape index (κ3) is 2.78. The van der Waals surface area contributed by atoms with Gasteiger partial charge in [-0.25, -0.2) is 4.79 Å². The first-order valence-corrected chi connectivity index (χ1v) is 9.39. The van der Waals surface area contributed by atoms with Crippen LogP contribution in [-0.4, -0.2) is 57.3 Å². The van der Waals surface area contributed by atoms with Crippen LogP contribution in [-0.2, 0) is 14.7 Å². The molecule has 2 amide bonds. The summed E-state index contributed by atoms with van der Waals surface area (Å²) in [5.41, 5.74) is 4.92. The molecule has 0 unspecified atom stereocenters. The predicted molar refractivity (Wildman–Crippen MR) is 81.2 cm³/mol. The van der Waals surface area contributed by atoms with Gasteiger partial charge in [0.2, 0.25) is 11.8 Å². The third-order valence-corrected chi connectivity index (χ3v) is 5.52.